The van der Waals surface area contributed by atoms with Gasteiger partial charge in [-0.15, -0.1) is 0 Å². The summed E-state index contributed by atoms with van der Waals surface area (Å²) in [6.07, 6.45) is 4.07. The number of hydrogen-bond acceptors (Lipinski definition) is 6. The summed E-state index contributed by atoms with van der Waals surface area (Å²) < 4.78 is 0. The first-order valence-electron chi connectivity index (χ1n) is 6.21. The minimum absolute atomic E-state index is 0.626. The first kappa shape index (κ1) is 13.2. The minimum atomic E-state index is 0.626. The van der Waals surface area contributed by atoms with Crippen LogP contribution < -0.4 is 16.6 Å². The monoisotopic (exact) mass is 258 g/mol. The molecular formula is C13H18N6. The maximum atomic E-state index is 5.45. The Morgan fingerprint density at radius 3 is 2.68 bits per heavy atom. The Balaban J connectivity index is 2.18. The van der Waals surface area contributed by atoms with Crippen molar-refractivity contribution in [3.05, 3.63) is 41.5 Å². The molecule has 0 bridgehead atoms. The van der Waals surface area contributed by atoms with E-state index >= 15 is 0 Å². The van der Waals surface area contributed by atoms with Crippen molar-refractivity contribution in [2.45, 2.75) is 26.8 Å². The van der Waals surface area contributed by atoms with Gasteiger partial charge in [0.2, 0.25) is 0 Å². The first-order chi connectivity index (χ1) is 9.26. The first-order valence-corrected chi connectivity index (χ1v) is 6.21. The van der Waals surface area contributed by atoms with Gasteiger partial charge in [0.25, 0.3) is 0 Å². The molecule has 0 radical (unpaired) electrons. The zero-order valence-electron chi connectivity index (χ0n) is 11.1. The van der Waals surface area contributed by atoms with E-state index in [1.54, 1.807) is 6.20 Å². The summed E-state index contributed by atoms with van der Waals surface area (Å²) in [6, 6.07) is 3.97. The molecule has 6 nitrogen and oxygen atoms in total. The van der Waals surface area contributed by atoms with Crippen LogP contribution in [0, 0.1) is 6.92 Å². The molecule has 2 heterocycles. The molecule has 6 heteroatoms. The maximum absolute atomic E-state index is 5.45. The van der Waals surface area contributed by atoms with Gasteiger partial charge < -0.3 is 10.7 Å². The van der Waals surface area contributed by atoms with E-state index in [0.29, 0.717) is 12.4 Å². The third kappa shape index (κ3) is 2.97. The highest BCUT2D eigenvalue weighted by atomic mass is 15.3. The Kier molecular flexibility index (Phi) is 4.25. The SMILES string of the molecule is CCc1c(NN)ncnc1NCc1ncccc1C. The topological polar surface area (TPSA) is 88.8 Å². The molecule has 0 fully saturated rings. The van der Waals surface area contributed by atoms with Crippen LogP contribution in [-0.2, 0) is 13.0 Å². The van der Waals surface area contributed by atoms with E-state index in [-0.39, 0.29) is 0 Å². The van der Waals surface area contributed by atoms with Crippen LogP contribution in [0.2, 0.25) is 0 Å². The summed E-state index contributed by atoms with van der Waals surface area (Å²) in [5, 5.41) is 3.29. The lowest BCUT2D eigenvalue weighted by atomic mass is 10.2. The van der Waals surface area contributed by atoms with E-state index < -0.39 is 0 Å². The molecule has 0 aliphatic rings. The van der Waals surface area contributed by atoms with Gasteiger partial charge in [-0.2, -0.15) is 0 Å². The number of hydrogen-bond donors (Lipinski definition) is 3. The molecule has 0 aromatic carbocycles. The smallest absolute Gasteiger partial charge is 0.148 e. The summed E-state index contributed by atoms with van der Waals surface area (Å²) in [4.78, 5) is 12.7. The molecule has 2 aromatic heterocycles. The standard InChI is InChI=1S/C13H18N6/c1-3-10-12(17-8-18-13(10)19-14)16-7-11-9(2)5-4-6-15-11/h4-6,8H,3,7,14H2,1-2H3,(H2,16,17,18,19). The summed E-state index contributed by atoms with van der Waals surface area (Å²) in [6.45, 7) is 4.70. The van der Waals surface area contributed by atoms with Crippen molar-refractivity contribution in [2.75, 3.05) is 10.7 Å². The molecule has 0 unspecified atom stereocenters. The molecule has 2 rings (SSSR count). The van der Waals surface area contributed by atoms with E-state index in [2.05, 4.69) is 25.7 Å². The summed E-state index contributed by atoms with van der Waals surface area (Å²) in [5.41, 5.74) is 5.72. The lowest BCUT2D eigenvalue weighted by Gasteiger charge is -2.13. The number of nitrogens with one attached hydrogen (secondary N) is 2. The van der Waals surface area contributed by atoms with Crippen molar-refractivity contribution in [2.24, 2.45) is 5.84 Å². The fourth-order valence-corrected chi connectivity index (χ4v) is 1.89. The van der Waals surface area contributed by atoms with Crippen molar-refractivity contribution in [3.63, 3.8) is 0 Å². The van der Waals surface area contributed by atoms with Crippen LogP contribution in [0.3, 0.4) is 0 Å². The van der Waals surface area contributed by atoms with Crippen LogP contribution in [-0.4, -0.2) is 15.0 Å². The second kappa shape index (κ2) is 6.10. The van der Waals surface area contributed by atoms with Crippen molar-refractivity contribution in [1.29, 1.82) is 0 Å². The van der Waals surface area contributed by atoms with E-state index in [9.17, 15) is 0 Å². The number of aromatic nitrogens is 3. The predicted molar refractivity (Wildman–Crippen MR) is 75.5 cm³/mol. The Morgan fingerprint density at radius 2 is 2.00 bits per heavy atom. The largest absolute Gasteiger partial charge is 0.364 e. The zero-order chi connectivity index (χ0) is 13.7. The van der Waals surface area contributed by atoms with Gasteiger partial charge >= 0.3 is 0 Å². The normalized spacial score (nSPS) is 10.3. The van der Waals surface area contributed by atoms with Gasteiger partial charge in [0.15, 0.2) is 0 Å². The lowest BCUT2D eigenvalue weighted by Crippen LogP contribution is -2.14. The van der Waals surface area contributed by atoms with Gasteiger partial charge in [0, 0.05) is 11.8 Å². The maximum Gasteiger partial charge on any atom is 0.148 e. The van der Waals surface area contributed by atoms with Gasteiger partial charge in [0.1, 0.15) is 18.0 Å². The second-order valence-electron chi connectivity index (χ2n) is 4.17. The summed E-state index contributed by atoms with van der Waals surface area (Å²) >= 11 is 0. The second-order valence-corrected chi connectivity index (χ2v) is 4.17. The number of hydrazine groups is 1. The van der Waals surface area contributed by atoms with Gasteiger partial charge in [-0.05, 0) is 25.0 Å². The Bertz CT molecular complexity index is 555. The van der Waals surface area contributed by atoms with Crippen LogP contribution in [0.5, 0.6) is 0 Å². The highest BCUT2D eigenvalue weighted by Crippen LogP contribution is 2.20. The lowest BCUT2D eigenvalue weighted by molar-refractivity contribution is 0.971. The minimum Gasteiger partial charge on any atom is -0.364 e. The van der Waals surface area contributed by atoms with E-state index in [0.717, 1.165) is 29.1 Å². The molecule has 0 aliphatic carbocycles. The third-order valence-corrected chi connectivity index (χ3v) is 2.98. The molecule has 2 aromatic rings. The summed E-state index contributed by atoms with van der Waals surface area (Å²) in [5.74, 6) is 6.88. The Morgan fingerprint density at radius 1 is 1.21 bits per heavy atom. The molecule has 0 amide bonds. The fourth-order valence-electron chi connectivity index (χ4n) is 1.89. The molecule has 0 saturated heterocycles. The fraction of sp³-hybridized carbons (Fsp3) is 0.308. The van der Waals surface area contributed by atoms with Crippen molar-refractivity contribution in [3.8, 4) is 0 Å². The predicted octanol–water partition coefficient (Wildman–Crippen LogP) is 1.64. The average molecular weight is 258 g/mol. The van der Waals surface area contributed by atoms with Crippen LogP contribution in [0.15, 0.2) is 24.7 Å². The summed E-state index contributed by atoms with van der Waals surface area (Å²) in [7, 11) is 0. The Hall–Kier alpha value is -2.21. The van der Waals surface area contributed by atoms with E-state index in [4.69, 9.17) is 5.84 Å². The van der Waals surface area contributed by atoms with Gasteiger partial charge in [-0.1, -0.05) is 13.0 Å². The number of aryl methyl sites for hydroxylation is 1. The molecule has 0 spiro atoms. The van der Waals surface area contributed by atoms with E-state index in [1.165, 1.54) is 6.33 Å². The van der Waals surface area contributed by atoms with Crippen molar-refractivity contribution in [1.82, 2.24) is 15.0 Å². The van der Waals surface area contributed by atoms with Crippen LogP contribution in [0.4, 0.5) is 11.6 Å². The Labute approximate surface area is 112 Å². The number of rotatable bonds is 5. The average Bonchev–Trinajstić information content (AvgIpc) is 2.45. The van der Waals surface area contributed by atoms with Gasteiger partial charge in [-0.25, -0.2) is 15.8 Å². The highest BCUT2D eigenvalue weighted by molar-refractivity contribution is 5.56. The molecule has 0 saturated carbocycles. The molecule has 19 heavy (non-hydrogen) atoms. The third-order valence-electron chi connectivity index (χ3n) is 2.98. The van der Waals surface area contributed by atoms with Crippen LogP contribution >= 0.6 is 0 Å². The number of anilines is 2. The number of pyridine rings is 1. The quantitative estimate of drug-likeness (QED) is 0.558. The molecule has 0 aliphatic heterocycles. The molecular weight excluding hydrogens is 240 g/mol. The van der Waals surface area contributed by atoms with Crippen LogP contribution in [0.1, 0.15) is 23.7 Å². The number of nitrogen functional groups attached to an aromatic ring is 1. The molecule has 0 atom stereocenters. The number of nitrogens with zero attached hydrogens (tertiary/aromatic N) is 3. The van der Waals surface area contributed by atoms with Crippen LogP contribution in [0.25, 0.3) is 0 Å². The van der Waals surface area contributed by atoms with Crippen molar-refractivity contribution < 1.29 is 0 Å². The van der Waals surface area contributed by atoms with E-state index in [1.807, 2.05) is 26.0 Å². The number of nitrogens with two attached hydrogens (primary N) is 1. The van der Waals surface area contributed by atoms with Crippen molar-refractivity contribution >= 4 is 11.6 Å². The van der Waals surface area contributed by atoms with Gasteiger partial charge in [0.05, 0.1) is 12.2 Å². The molecule has 100 valence electrons. The highest BCUT2D eigenvalue weighted by Gasteiger charge is 2.09. The van der Waals surface area contributed by atoms with Gasteiger partial charge in [-0.3, -0.25) is 4.98 Å². The molecule has 4 N–H and O–H groups in total. The zero-order valence-corrected chi connectivity index (χ0v) is 11.1.